The fourth-order valence-corrected chi connectivity index (χ4v) is 6.42. The molecule has 2 aliphatic rings. The van der Waals surface area contributed by atoms with Crippen molar-refractivity contribution < 1.29 is 0 Å². The van der Waals surface area contributed by atoms with Crippen LogP contribution in [0.4, 0.5) is 0 Å². The minimum Gasteiger partial charge on any atom is -0.230 e. The number of rotatable bonds is 7. The molecule has 2 heteroatoms. The average Bonchev–Trinajstić information content (AvgIpc) is 2.35. The summed E-state index contributed by atoms with van der Waals surface area (Å²) in [5.41, 5.74) is 0.715. The maximum Gasteiger partial charge on any atom is 0.0309 e. The third-order valence-electron chi connectivity index (χ3n) is 6.34. The summed E-state index contributed by atoms with van der Waals surface area (Å²) in [7, 11) is 0. The highest BCUT2D eigenvalue weighted by molar-refractivity contribution is 4.97. The van der Waals surface area contributed by atoms with E-state index in [2.05, 4.69) is 55.4 Å². The van der Waals surface area contributed by atoms with Gasteiger partial charge in [0.25, 0.3) is 0 Å². The molecule has 2 heterocycles. The fraction of sp³-hybridized carbons (Fsp3) is 1.00. The van der Waals surface area contributed by atoms with E-state index in [-0.39, 0.29) is 22.2 Å². The Morgan fingerprint density at radius 2 is 0.769 bits per heavy atom. The van der Waals surface area contributed by atoms with E-state index in [1.54, 1.807) is 0 Å². The van der Waals surface area contributed by atoms with Crippen molar-refractivity contribution in [2.75, 3.05) is 0 Å². The molecule has 0 aromatic rings. The molecule has 0 aromatic heterocycles. The lowest BCUT2D eigenvalue weighted by molar-refractivity contribution is 0.113. The summed E-state index contributed by atoms with van der Waals surface area (Å²) in [5.74, 6) is 1.75. The fourth-order valence-electron chi connectivity index (χ4n) is 6.42. The second-order valence-corrected chi connectivity index (χ2v) is 12.0. The van der Waals surface area contributed by atoms with Crippen LogP contribution >= 0.6 is 0 Å². The first-order chi connectivity index (χ1) is 11.8. The molecule has 0 spiro atoms. The van der Waals surface area contributed by atoms with Crippen molar-refractivity contribution in [3.63, 3.8) is 0 Å². The number of piperidine rings is 2. The van der Waals surface area contributed by atoms with E-state index in [1.165, 1.54) is 64.2 Å². The number of nitrogens with zero attached hydrogens (tertiary/aromatic N) is 2. The normalized spacial score (nSPS) is 28.2. The van der Waals surface area contributed by atoms with Crippen LogP contribution in [0.15, 0.2) is 0 Å². The Kier molecular flexibility index (Phi) is 6.93. The van der Waals surface area contributed by atoms with Gasteiger partial charge in [-0.05, 0) is 92.9 Å². The molecule has 0 N–H and O–H groups in total. The summed E-state index contributed by atoms with van der Waals surface area (Å²) >= 11 is 0. The molecule has 2 fully saturated rings. The van der Waals surface area contributed by atoms with E-state index in [0.29, 0.717) is 0 Å². The summed E-state index contributed by atoms with van der Waals surface area (Å²) < 4.78 is 0. The van der Waals surface area contributed by atoms with Crippen molar-refractivity contribution in [1.82, 2.24) is 10.6 Å². The van der Waals surface area contributed by atoms with Gasteiger partial charge in [0.05, 0.1) is 0 Å². The van der Waals surface area contributed by atoms with Crippen molar-refractivity contribution >= 4 is 0 Å². The summed E-state index contributed by atoms with van der Waals surface area (Å²) in [6, 6.07) is 0. The van der Waals surface area contributed by atoms with E-state index >= 15 is 0 Å². The Morgan fingerprint density at radius 3 is 1.04 bits per heavy atom. The Hall–Kier alpha value is -0.0800. The first-order valence-corrected chi connectivity index (χ1v) is 11.3. The van der Waals surface area contributed by atoms with E-state index in [4.69, 9.17) is 10.6 Å². The Bertz CT molecular complexity index is 373. The van der Waals surface area contributed by atoms with Gasteiger partial charge < -0.3 is 0 Å². The van der Waals surface area contributed by atoms with Crippen LogP contribution in [0.25, 0.3) is 0 Å². The van der Waals surface area contributed by atoms with Gasteiger partial charge in [0.15, 0.2) is 0 Å². The third-order valence-corrected chi connectivity index (χ3v) is 6.34. The van der Waals surface area contributed by atoms with E-state index in [0.717, 1.165) is 11.8 Å². The molecule has 26 heavy (non-hydrogen) atoms. The first-order valence-electron chi connectivity index (χ1n) is 11.3. The molecule has 0 unspecified atom stereocenters. The van der Waals surface area contributed by atoms with Gasteiger partial charge in [-0.15, -0.1) is 0 Å². The average molecular weight is 363 g/mol. The van der Waals surface area contributed by atoms with Crippen LogP contribution in [-0.4, -0.2) is 22.2 Å². The number of unbranched alkanes of at least 4 members (excludes halogenated alkanes) is 3. The Labute approximate surface area is 164 Å². The maximum absolute atomic E-state index is 5.02. The van der Waals surface area contributed by atoms with Crippen LogP contribution in [0.3, 0.4) is 0 Å². The van der Waals surface area contributed by atoms with Gasteiger partial charge in [-0.25, -0.2) is 10.6 Å². The van der Waals surface area contributed by atoms with E-state index in [1.807, 2.05) is 0 Å². The maximum atomic E-state index is 5.02. The highest BCUT2D eigenvalue weighted by atomic mass is 15.1. The highest BCUT2D eigenvalue weighted by Crippen LogP contribution is 2.38. The molecule has 0 aliphatic carbocycles. The molecule has 2 saturated heterocycles. The summed E-state index contributed by atoms with van der Waals surface area (Å²) in [5, 5.41) is 10.0. The van der Waals surface area contributed by atoms with Gasteiger partial charge in [0.2, 0.25) is 0 Å². The molecule has 152 valence electrons. The van der Waals surface area contributed by atoms with Gasteiger partial charge >= 0.3 is 0 Å². The molecule has 2 nitrogen and oxygen atoms in total. The van der Waals surface area contributed by atoms with Gasteiger partial charge in [-0.3, -0.25) is 0 Å². The lowest BCUT2D eigenvalue weighted by Crippen LogP contribution is -2.52. The molecule has 2 rings (SSSR count). The lowest BCUT2D eigenvalue weighted by atomic mass is 9.73. The second kappa shape index (κ2) is 8.11. The smallest absolute Gasteiger partial charge is 0.0309 e. The van der Waals surface area contributed by atoms with Gasteiger partial charge in [-0.1, -0.05) is 38.5 Å². The summed E-state index contributed by atoms with van der Waals surface area (Å²) in [4.78, 5) is 0. The van der Waals surface area contributed by atoms with Gasteiger partial charge in [-0.2, -0.15) is 0 Å². The van der Waals surface area contributed by atoms with Gasteiger partial charge in [0.1, 0.15) is 0 Å². The molecular weight excluding hydrogens is 316 g/mol. The summed E-state index contributed by atoms with van der Waals surface area (Å²) in [6.45, 7) is 18.6. The number of hydrogen-bond acceptors (Lipinski definition) is 0. The van der Waals surface area contributed by atoms with Crippen LogP contribution in [0.2, 0.25) is 0 Å². The zero-order chi connectivity index (χ0) is 19.6. The Morgan fingerprint density at radius 1 is 0.500 bits per heavy atom. The van der Waals surface area contributed by atoms with E-state index < -0.39 is 0 Å². The molecule has 2 aliphatic heterocycles. The van der Waals surface area contributed by atoms with Crippen molar-refractivity contribution in [1.29, 1.82) is 0 Å². The standard InChI is InChI=1S/C24H46N2/c1-21(2)15-19(16-22(3,4)25-21)13-11-9-10-12-14-20-17-23(5,6)26-24(7,8)18-20/h19-20H,9-18H2,1-8H3. The van der Waals surface area contributed by atoms with Crippen molar-refractivity contribution in [3.8, 4) is 0 Å². The number of hydrogen-bond donors (Lipinski definition) is 0. The molecular formula is C24H46N2. The van der Waals surface area contributed by atoms with Crippen LogP contribution in [-0.2, 0) is 0 Å². The predicted octanol–water partition coefficient (Wildman–Crippen LogP) is 6.47. The van der Waals surface area contributed by atoms with Crippen molar-refractivity contribution in [2.24, 2.45) is 11.8 Å². The molecule has 0 bridgehead atoms. The topological polar surface area (TPSA) is 28.2 Å². The first kappa shape index (κ1) is 22.2. The second-order valence-electron chi connectivity index (χ2n) is 12.0. The zero-order valence-electron chi connectivity index (χ0n) is 19.1. The molecule has 2 radical (unpaired) electrons. The van der Waals surface area contributed by atoms with E-state index in [9.17, 15) is 0 Å². The minimum atomic E-state index is 0.179. The van der Waals surface area contributed by atoms with Crippen LogP contribution in [0, 0.1) is 11.8 Å². The largest absolute Gasteiger partial charge is 0.230 e. The quantitative estimate of drug-likeness (QED) is 0.464. The van der Waals surface area contributed by atoms with Crippen LogP contribution in [0.5, 0.6) is 0 Å². The minimum absolute atomic E-state index is 0.179. The van der Waals surface area contributed by atoms with Crippen molar-refractivity contribution in [2.45, 2.75) is 142 Å². The molecule has 0 atom stereocenters. The predicted molar refractivity (Wildman–Crippen MR) is 114 cm³/mol. The van der Waals surface area contributed by atoms with Crippen LogP contribution < -0.4 is 10.6 Å². The van der Waals surface area contributed by atoms with Gasteiger partial charge in [0, 0.05) is 22.2 Å². The van der Waals surface area contributed by atoms with Crippen molar-refractivity contribution in [3.05, 3.63) is 0 Å². The Balaban J connectivity index is 1.62. The van der Waals surface area contributed by atoms with Crippen LogP contribution in [0.1, 0.15) is 120 Å². The molecule has 0 amide bonds. The zero-order valence-corrected chi connectivity index (χ0v) is 19.1. The SMILES string of the molecule is CC1(C)CC(CCCCCCC2CC(C)(C)[N]C(C)(C)C2)CC(C)(C)[N]1. The third kappa shape index (κ3) is 7.50. The molecule has 0 saturated carbocycles. The monoisotopic (exact) mass is 362 g/mol. The lowest BCUT2D eigenvalue weighted by Gasteiger charge is -2.45. The summed E-state index contributed by atoms with van der Waals surface area (Å²) in [6.07, 6.45) is 13.6. The highest BCUT2D eigenvalue weighted by Gasteiger charge is 2.39. The molecule has 0 aromatic carbocycles.